The molecule has 0 unspecified atom stereocenters. The highest BCUT2D eigenvalue weighted by atomic mass is 32.2. The summed E-state index contributed by atoms with van der Waals surface area (Å²) in [6.45, 7) is 1.76. The van der Waals surface area contributed by atoms with Gasteiger partial charge in [-0.25, -0.2) is 13.2 Å². The average Bonchev–Trinajstić information content (AvgIpc) is 3.00. The molecule has 0 radical (unpaired) electrons. The highest BCUT2D eigenvalue weighted by Gasteiger charge is 2.52. The van der Waals surface area contributed by atoms with Crippen LogP contribution in [0.15, 0.2) is 0 Å². The number of sulfone groups is 1. The van der Waals surface area contributed by atoms with Crippen LogP contribution in [0.25, 0.3) is 0 Å². The van der Waals surface area contributed by atoms with E-state index in [1.807, 2.05) is 0 Å². The third-order valence-electron chi connectivity index (χ3n) is 5.68. The number of imide groups is 1. The Bertz CT molecular complexity index is 682. The van der Waals surface area contributed by atoms with Crippen LogP contribution >= 0.6 is 0 Å². The molecule has 3 fully saturated rings. The molecule has 1 atom stereocenters. The van der Waals surface area contributed by atoms with Crippen molar-refractivity contribution in [2.45, 2.75) is 57.0 Å². The number of amides is 4. The SMILES string of the molecule is CCC1CCC2(CC1)NC(=O)N(CC(=O)N[C@@H]1CCS(=O)(=O)C1)C2=O. The summed E-state index contributed by atoms with van der Waals surface area (Å²) in [5.41, 5.74) is -0.861. The van der Waals surface area contributed by atoms with Crippen molar-refractivity contribution in [2.75, 3.05) is 18.1 Å². The fourth-order valence-electron chi connectivity index (χ4n) is 4.06. The van der Waals surface area contributed by atoms with E-state index in [1.165, 1.54) is 0 Å². The van der Waals surface area contributed by atoms with Crippen molar-refractivity contribution in [3.05, 3.63) is 0 Å². The summed E-state index contributed by atoms with van der Waals surface area (Å²) >= 11 is 0. The molecule has 8 nitrogen and oxygen atoms in total. The molecule has 3 aliphatic rings. The van der Waals surface area contributed by atoms with E-state index in [0.717, 1.165) is 24.2 Å². The van der Waals surface area contributed by atoms with E-state index >= 15 is 0 Å². The standard InChI is InChI=1S/C16H25N3O5S/c1-2-11-3-6-16(7-4-11)14(21)19(15(22)18-16)9-13(20)17-12-5-8-25(23,24)10-12/h11-12H,2-10H2,1H3,(H,17,20)(H,18,22)/t11?,12-,16?/m1/s1. The molecule has 9 heteroatoms. The Morgan fingerprint density at radius 1 is 1.28 bits per heavy atom. The van der Waals surface area contributed by atoms with Crippen LogP contribution in [0.2, 0.25) is 0 Å². The van der Waals surface area contributed by atoms with Gasteiger partial charge < -0.3 is 10.6 Å². The van der Waals surface area contributed by atoms with Gasteiger partial charge in [0.2, 0.25) is 5.91 Å². The summed E-state index contributed by atoms with van der Waals surface area (Å²) in [6.07, 6.45) is 4.43. The lowest BCUT2D eigenvalue weighted by atomic mass is 9.75. The average molecular weight is 371 g/mol. The van der Waals surface area contributed by atoms with Crippen molar-refractivity contribution < 1.29 is 22.8 Å². The van der Waals surface area contributed by atoms with E-state index in [0.29, 0.717) is 25.2 Å². The minimum Gasteiger partial charge on any atom is -0.351 e. The molecule has 1 saturated carbocycles. The van der Waals surface area contributed by atoms with Crippen LogP contribution < -0.4 is 10.6 Å². The Kier molecular flexibility index (Phi) is 4.78. The lowest BCUT2D eigenvalue weighted by molar-refractivity contribution is -0.136. The van der Waals surface area contributed by atoms with Gasteiger partial charge in [-0.15, -0.1) is 0 Å². The first-order valence-electron chi connectivity index (χ1n) is 8.88. The minimum absolute atomic E-state index is 0.0583. The maximum atomic E-state index is 12.7. The van der Waals surface area contributed by atoms with Crippen LogP contribution in [0.3, 0.4) is 0 Å². The van der Waals surface area contributed by atoms with Crippen molar-refractivity contribution in [2.24, 2.45) is 5.92 Å². The van der Waals surface area contributed by atoms with Crippen molar-refractivity contribution in [1.29, 1.82) is 0 Å². The van der Waals surface area contributed by atoms with Crippen LogP contribution in [-0.4, -0.2) is 60.8 Å². The first kappa shape index (κ1) is 18.2. The van der Waals surface area contributed by atoms with Crippen LogP contribution in [0, 0.1) is 5.92 Å². The Labute approximate surface area is 147 Å². The zero-order valence-corrected chi connectivity index (χ0v) is 15.2. The topological polar surface area (TPSA) is 113 Å². The first-order valence-corrected chi connectivity index (χ1v) is 10.7. The van der Waals surface area contributed by atoms with Crippen molar-refractivity contribution in [3.8, 4) is 0 Å². The van der Waals surface area contributed by atoms with Crippen molar-refractivity contribution in [3.63, 3.8) is 0 Å². The van der Waals surface area contributed by atoms with Gasteiger partial charge in [0.05, 0.1) is 11.5 Å². The quantitative estimate of drug-likeness (QED) is 0.685. The molecule has 3 rings (SSSR count). The third-order valence-corrected chi connectivity index (χ3v) is 7.45. The zero-order valence-electron chi connectivity index (χ0n) is 14.4. The largest absolute Gasteiger partial charge is 0.351 e. The van der Waals surface area contributed by atoms with Crippen LogP contribution in [-0.2, 0) is 19.4 Å². The van der Waals surface area contributed by atoms with Crippen LogP contribution in [0.1, 0.15) is 45.4 Å². The fourth-order valence-corrected chi connectivity index (χ4v) is 5.74. The Morgan fingerprint density at radius 3 is 2.52 bits per heavy atom. The van der Waals surface area contributed by atoms with Gasteiger partial charge in [-0.05, 0) is 38.0 Å². The lowest BCUT2D eigenvalue weighted by Crippen LogP contribution is -2.50. The van der Waals surface area contributed by atoms with Crippen molar-refractivity contribution >= 4 is 27.7 Å². The fraction of sp³-hybridized carbons (Fsp3) is 0.812. The molecule has 2 N–H and O–H groups in total. The van der Waals surface area contributed by atoms with E-state index < -0.39 is 33.4 Å². The van der Waals surface area contributed by atoms with Gasteiger partial charge in [0.15, 0.2) is 9.84 Å². The highest BCUT2D eigenvalue weighted by Crippen LogP contribution is 2.37. The van der Waals surface area contributed by atoms with E-state index in [9.17, 15) is 22.8 Å². The molecular weight excluding hydrogens is 346 g/mol. The molecule has 1 spiro atoms. The van der Waals surface area contributed by atoms with Gasteiger partial charge in [0.25, 0.3) is 5.91 Å². The molecule has 2 aliphatic heterocycles. The van der Waals surface area contributed by atoms with Gasteiger partial charge in [0.1, 0.15) is 12.1 Å². The van der Waals surface area contributed by atoms with E-state index in [-0.39, 0.29) is 24.0 Å². The van der Waals surface area contributed by atoms with Gasteiger partial charge in [-0.3, -0.25) is 14.5 Å². The van der Waals surface area contributed by atoms with E-state index in [4.69, 9.17) is 0 Å². The normalized spacial score (nSPS) is 34.4. The van der Waals surface area contributed by atoms with Gasteiger partial charge in [-0.1, -0.05) is 13.3 Å². The number of carbonyl (C=O) groups is 3. The van der Waals surface area contributed by atoms with Crippen LogP contribution in [0.4, 0.5) is 4.79 Å². The summed E-state index contributed by atoms with van der Waals surface area (Å²) in [5, 5.41) is 5.41. The number of hydrogen-bond acceptors (Lipinski definition) is 5. The molecule has 2 saturated heterocycles. The monoisotopic (exact) mass is 371 g/mol. The zero-order chi connectivity index (χ0) is 18.2. The van der Waals surface area contributed by atoms with Crippen molar-refractivity contribution in [1.82, 2.24) is 15.5 Å². The maximum absolute atomic E-state index is 12.7. The number of urea groups is 1. The highest BCUT2D eigenvalue weighted by molar-refractivity contribution is 7.91. The molecule has 25 heavy (non-hydrogen) atoms. The lowest BCUT2D eigenvalue weighted by Gasteiger charge is -2.34. The van der Waals surface area contributed by atoms with Gasteiger partial charge >= 0.3 is 6.03 Å². The Balaban J connectivity index is 1.59. The third kappa shape index (κ3) is 3.65. The Hall–Kier alpha value is -1.64. The molecule has 1 aliphatic carbocycles. The number of nitrogens with one attached hydrogen (secondary N) is 2. The molecule has 0 aromatic heterocycles. The van der Waals surface area contributed by atoms with Gasteiger partial charge in [0, 0.05) is 6.04 Å². The first-order chi connectivity index (χ1) is 11.7. The second kappa shape index (κ2) is 6.59. The molecular formula is C16H25N3O5S. The van der Waals surface area contributed by atoms with Crippen LogP contribution in [0.5, 0.6) is 0 Å². The smallest absolute Gasteiger partial charge is 0.325 e. The predicted octanol–water partition coefficient (Wildman–Crippen LogP) is 0.181. The summed E-state index contributed by atoms with van der Waals surface area (Å²) in [7, 11) is -3.09. The number of hydrogen-bond donors (Lipinski definition) is 2. The Morgan fingerprint density at radius 2 is 1.96 bits per heavy atom. The number of rotatable bonds is 4. The van der Waals surface area contributed by atoms with E-state index in [1.54, 1.807) is 0 Å². The molecule has 2 heterocycles. The maximum Gasteiger partial charge on any atom is 0.325 e. The second-order valence-corrected chi connectivity index (χ2v) is 9.65. The van der Waals surface area contributed by atoms with E-state index in [2.05, 4.69) is 17.6 Å². The minimum atomic E-state index is -3.09. The number of nitrogens with zero attached hydrogens (tertiary/aromatic N) is 1. The van der Waals surface area contributed by atoms with Gasteiger partial charge in [-0.2, -0.15) is 0 Å². The molecule has 0 aromatic rings. The molecule has 0 bridgehead atoms. The summed E-state index contributed by atoms with van der Waals surface area (Å²) in [4.78, 5) is 38.0. The predicted molar refractivity (Wildman–Crippen MR) is 90.4 cm³/mol. The summed E-state index contributed by atoms with van der Waals surface area (Å²) in [6, 6.07) is -0.971. The second-order valence-electron chi connectivity index (χ2n) is 7.42. The molecule has 4 amide bonds. The summed E-state index contributed by atoms with van der Waals surface area (Å²) < 4.78 is 22.9. The number of carbonyl (C=O) groups excluding carboxylic acids is 3. The summed E-state index contributed by atoms with van der Waals surface area (Å²) in [5.74, 6) is -0.271. The molecule has 140 valence electrons. The molecule has 0 aromatic carbocycles.